The number of carbonyl (C=O) groups excluding carboxylic acids is 3. The average Bonchev–Trinajstić information content (AvgIpc) is 0.914. The van der Waals surface area contributed by atoms with Crippen LogP contribution in [0.25, 0.3) is 0 Å². The van der Waals surface area contributed by atoms with Gasteiger partial charge >= 0.3 is 33.6 Å². The molecule has 4 N–H and O–H groups in total. The maximum atomic E-state index is 13.0. The second-order valence-electron chi connectivity index (χ2n) is 27.9. The first kappa shape index (κ1) is 102. The van der Waals surface area contributed by atoms with Gasteiger partial charge in [-0.15, -0.1) is 0 Å². The predicted octanol–water partition coefficient (Wildman–Crippen LogP) is 25.2. The molecule has 0 radical (unpaired) electrons. The number of phosphoric acid groups is 2. The summed E-state index contributed by atoms with van der Waals surface area (Å²) in [6.07, 6.45) is 100. The van der Waals surface area contributed by atoms with Crippen LogP contribution in [0.5, 0.6) is 0 Å². The van der Waals surface area contributed by atoms with Gasteiger partial charge in [-0.2, -0.15) is 0 Å². The van der Waals surface area contributed by atoms with Gasteiger partial charge in [0.25, 0.3) is 0 Å². The Labute approximate surface area is 651 Å². The van der Waals surface area contributed by atoms with Crippen molar-refractivity contribution in [2.75, 3.05) is 39.6 Å². The monoisotopic (exact) mass is 1540 g/mol. The number of aliphatic hydroxyl groups excluding tert-OH is 2. The van der Waals surface area contributed by atoms with Crippen LogP contribution in [0.2, 0.25) is 0 Å². The molecule has 0 amide bonds. The maximum Gasteiger partial charge on any atom is 0.472 e. The van der Waals surface area contributed by atoms with Crippen LogP contribution in [0.4, 0.5) is 0 Å². The van der Waals surface area contributed by atoms with Crippen molar-refractivity contribution in [3.8, 4) is 0 Å². The minimum Gasteiger partial charge on any atom is -0.463 e. The first-order chi connectivity index (χ1) is 52.2. The van der Waals surface area contributed by atoms with Gasteiger partial charge in [-0.3, -0.25) is 32.5 Å². The van der Waals surface area contributed by atoms with E-state index >= 15 is 0 Å². The lowest BCUT2D eigenvalue weighted by molar-refractivity contribution is -0.161. The summed E-state index contributed by atoms with van der Waals surface area (Å²) in [4.78, 5) is 58.8. The van der Waals surface area contributed by atoms with Gasteiger partial charge < -0.3 is 34.2 Å². The van der Waals surface area contributed by atoms with Crippen LogP contribution in [0, 0.1) is 0 Å². The molecule has 0 saturated carbocycles. The first-order valence-electron chi connectivity index (χ1n) is 42.1. The Hall–Kier alpha value is -4.57. The zero-order valence-corrected chi connectivity index (χ0v) is 69.1. The van der Waals surface area contributed by atoms with Gasteiger partial charge in [0.1, 0.15) is 25.4 Å². The molecular formula is C89H152O16P2. The first-order valence-corrected chi connectivity index (χ1v) is 45.1. The Kier molecular flexibility index (Phi) is 77.5. The Balaban J connectivity index is 4.53. The minimum absolute atomic E-state index is 0.0819. The number of carbonyl (C=O) groups is 3. The highest BCUT2D eigenvalue weighted by Crippen LogP contribution is 2.45. The standard InChI is InChI=1S/C89H152O16P2/c1-4-7-10-13-16-19-22-25-28-30-32-34-36-38-40-41-43-45-46-48-50-52-55-57-60-63-66-69-72-75-87(92)99-78-84(90)79-101-106(95,96)102-80-85(91)81-103-107(97,98)104-83-86(105-89(94)77-74-71-68-65-62-59-54-27-24-21-18-15-12-9-6-3)82-100-88(93)76-73-70-67-64-61-58-56-53-51-49-47-44-42-39-37-35-33-31-29-26-23-20-17-14-11-8-5-2/h7,9-10,12,16-21,25-29,32-35,38-40,42,54,84-86,90-91H,4-6,8,11,13-15,22-24,30-31,36-37,41,43-53,55-83H2,1-3H3,(H,95,96)(H,97,98)/b10-7-,12-9-,19-16-,20-17-,21-18-,28-25-,29-26-,34-32-,35-33-,40-38-,42-39-,54-27-. The van der Waals surface area contributed by atoms with Crippen molar-refractivity contribution in [3.63, 3.8) is 0 Å². The normalized spacial score (nSPS) is 14.6. The van der Waals surface area contributed by atoms with Gasteiger partial charge in [0.05, 0.1) is 26.4 Å². The summed E-state index contributed by atoms with van der Waals surface area (Å²) >= 11 is 0. The van der Waals surface area contributed by atoms with Gasteiger partial charge in [0.2, 0.25) is 0 Å². The summed E-state index contributed by atoms with van der Waals surface area (Å²) in [6, 6.07) is 0. The Bertz CT molecular complexity index is 2530. The third-order valence-corrected chi connectivity index (χ3v) is 19.4. The quantitative estimate of drug-likeness (QED) is 0.0146. The van der Waals surface area contributed by atoms with Gasteiger partial charge in [-0.1, -0.05) is 327 Å². The molecule has 0 aromatic heterocycles. The maximum absolute atomic E-state index is 13.0. The molecule has 0 aliphatic heterocycles. The number of ether oxygens (including phenoxy) is 3. The van der Waals surface area contributed by atoms with Crippen molar-refractivity contribution in [3.05, 3.63) is 146 Å². The largest absolute Gasteiger partial charge is 0.472 e. The average molecular weight is 1540 g/mol. The number of allylic oxidation sites excluding steroid dienone is 24. The summed E-state index contributed by atoms with van der Waals surface area (Å²) in [7, 11) is -9.80. The topological polar surface area (TPSA) is 231 Å². The van der Waals surface area contributed by atoms with Crippen LogP contribution in [0.1, 0.15) is 342 Å². The van der Waals surface area contributed by atoms with E-state index < -0.39 is 91.5 Å². The van der Waals surface area contributed by atoms with Crippen molar-refractivity contribution in [1.29, 1.82) is 0 Å². The molecule has 0 aromatic carbocycles. The van der Waals surface area contributed by atoms with Crippen LogP contribution >= 0.6 is 15.6 Å². The molecule has 0 bridgehead atoms. The summed E-state index contributed by atoms with van der Waals surface area (Å²) in [5.41, 5.74) is 0. The van der Waals surface area contributed by atoms with Crippen molar-refractivity contribution in [2.45, 2.75) is 360 Å². The third kappa shape index (κ3) is 82.2. The number of rotatable bonds is 79. The Morgan fingerprint density at radius 1 is 0.271 bits per heavy atom. The zero-order valence-electron chi connectivity index (χ0n) is 67.3. The Morgan fingerprint density at radius 2 is 0.495 bits per heavy atom. The van der Waals surface area contributed by atoms with Crippen LogP contribution in [-0.4, -0.2) is 95.9 Å². The molecule has 614 valence electrons. The summed E-state index contributed by atoms with van der Waals surface area (Å²) in [5.74, 6) is -1.59. The van der Waals surface area contributed by atoms with E-state index in [9.17, 15) is 43.5 Å². The number of hydrogen-bond acceptors (Lipinski definition) is 14. The molecule has 0 fully saturated rings. The van der Waals surface area contributed by atoms with Crippen LogP contribution in [0.15, 0.2) is 146 Å². The lowest BCUT2D eigenvalue weighted by Crippen LogP contribution is -2.30. The van der Waals surface area contributed by atoms with E-state index in [0.29, 0.717) is 19.3 Å². The van der Waals surface area contributed by atoms with Crippen LogP contribution in [0.3, 0.4) is 0 Å². The van der Waals surface area contributed by atoms with Crippen molar-refractivity contribution >= 4 is 33.6 Å². The van der Waals surface area contributed by atoms with Crippen molar-refractivity contribution in [2.24, 2.45) is 0 Å². The van der Waals surface area contributed by atoms with Gasteiger partial charge in [0, 0.05) is 19.3 Å². The van der Waals surface area contributed by atoms with Crippen molar-refractivity contribution < 1.29 is 75.8 Å². The molecule has 5 unspecified atom stereocenters. The van der Waals surface area contributed by atoms with E-state index in [4.69, 9.17) is 32.3 Å². The highest BCUT2D eigenvalue weighted by Gasteiger charge is 2.29. The van der Waals surface area contributed by atoms with E-state index in [1.807, 2.05) is 0 Å². The fraction of sp³-hybridized carbons (Fsp3) is 0.697. The van der Waals surface area contributed by atoms with E-state index in [1.54, 1.807) is 0 Å². The zero-order chi connectivity index (χ0) is 78.0. The van der Waals surface area contributed by atoms with Gasteiger partial charge in [-0.25, -0.2) is 9.13 Å². The number of unbranched alkanes of at least 4 members (excludes halogenated alkanes) is 32. The molecule has 0 aliphatic rings. The molecule has 0 aliphatic carbocycles. The second-order valence-corrected chi connectivity index (χ2v) is 30.8. The molecule has 0 aromatic rings. The lowest BCUT2D eigenvalue weighted by Gasteiger charge is -2.21. The van der Waals surface area contributed by atoms with Gasteiger partial charge in [0.15, 0.2) is 6.10 Å². The summed E-state index contributed by atoms with van der Waals surface area (Å²) < 4.78 is 61.3. The van der Waals surface area contributed by atoms with Crippen molar-refractivity contribution in [1.82, 2.24) is 0 Å². The van der Waals surface area contributed by atoms with E-state index in [2.05, 4.69) is 167 Å². The molecule has 0 spiro atoms. The highest BCUT2D eigenvalue weighted by atomic mass is 31.2. The third-order valence-electron chi connectivity index (χ3n) is 17.5. The molecule has 18 heteroatoms. The van der Waals surface area contributed by atoms with Crippen LogP contribution in [-0.2, 0) is 55.8 Å². The Morgan fingerprint density at radius 3 is 0.785 bits per heavy atom. The predicted molar refractivity (Wildman–Crippen MR) is 445 cm³/mol. The number of hydrogen-bond donors (Lipinski definition) is 4. The molecule has 0 heterocycles. The molecule has 0 rings (SSSR count). The highest BCUT2D eigenvalue weighted by molar-refractivity contribution is 7.47. The number of esters is 3. The molecule has 5 atom stereocenters. The van der Waals surface area contributed by atoms with E-state index in [-0.39, 0.29) is 19.3 Å². The number of aliphatic hydroxyl groups is 2. The molecule has 107 heavy (non-hydrogen) atoms. The molecular weight excluding hydrogens is 1390 g/mol. The minimum atomic E-state index is -4.94. The second kappa shape index (κ2) is 80.9. The smallest absolute Gasteiger partial charge is 0.463 e. The SMILES string of the molecule is CC/C=C\C/C=C\C/C=C\C/C=C\C/C=C\CCCCCCCCCCCCCCCC(=O)OCC(O)COP(=O)(O)OCC(O)COP(=O)(O)OCC(COC(=O)CCCCCCCCCCCCC/C=C\C/C=C\C/C=C\C/C=C\CCCCC)OC(=O)CCCCCCC/C=C\C/C=C\C/C=C\CC. The van der Waals surface area contributed by atoms with E-state index in [0.717, 1.165) is 161 Å². The summed E-state index contributed by atoms with van der Waals surface area (Å²) in [6.45, 7) is 2.43. The summed E-state index contributed by atoms with van der Waals surface area (Å²) in [5, 5.41) is 20.7. The number of phosphoric ester groups is 2. The van der Waals surface area contributed by atoms with E-state index in [1.165, 1.54) is 122 Å². The fourth-order valence-corrected chi connectivity index (χ4v) is 12.8. The molecule has 0 saturated heterocycles. The lowest BCUT2D eigenvalue weighted by atomic mass is 10.0. The fourth-order valence-electron chi connectivity index (χ4n) is 11.2. The van der Waals surface area contributed by atoms with Gasteiger partial charge in [-0.05, 0) is 141 Å². The van der Waals surface area contributed by atoms with Crippen LogP contribution < -0.4 is 0 Å². The molecule has 16 nitrogen and oxygen atoms in total.